The average molecular weight is 240 g/mol. The highest BCUT2D eigenvalue weighted by atomic mass is 79.9. The predicted molar refractivity (Wildman–Crippen MR) is 59.2 cm³/mol. The topological polar surface area (TPSA) is 12.0 Å². The van der Waals surface area contributed by atoms with E-state index in [0.717, 1.165) is 0 Å². The van der Waals surface area contributed by atoms with Gasteiger partial charge in [-0.3, -0.25) is 0 Å². The molecule has 1 unspecified atom stereocenters. The van der Waals surface area contributed by atoms with E-state index in [4.69, 9.17) is 0 Å². The number of alkyl halides is 1. The maximum Gasteiger partial charge on any atom is 0.0884 e. The van der Waals surface area contributed by atoms with E-state index in [1.54, 1.807) is 5.56 Å². The van der Waals surface area contributed by atoms with Crippen LogP contribution < -0.4 is 5.32 Å². The van der Waals surface area contributed by atoms with Gasteiger partial charge >= 0.3 is 0 Å². The number of fused-ring (bicyclic) bond motifs is 1. The molecule has 0 heterocycles. The molecule has 2 heteroatoms. The second-order valence-electron chi connectivity index (χ2n) is 3.53. The zero-order valence-electron chi connectivity index (χ0n) is 7.81. The van der Waals surface area contributed by atoms with Gasteiger partial charge < -0.3 is 5.32 Å². The van der Waals surface area contributed by atoms with E-state index in [1.165, 1.54) is 30.4 Å². The van der Waals surface area contributed by atoms with E-state index in [9.17, 15) is 0 Å². The van der Waals surface area contributed by atoms with E-state index in [-0.39, 0.29) is 0 Å². The molecule has 70 valence electrons. The molecule has 0 fully saturated rings. The van der Waals surface area contributed by atoms with E-state index in [2.05, 4.69) is 39.4 Å². The van der Waals surface area contributed by atoms with Crippen LogP contribution in [0, 0.1) is 0 Å². The third-order valence-corrected chi connectivity index (χ3v) is 3.66. The van der Waals surface area contributed by atoms with Gasteiger partial charge in [0.15, 0.2) is 0 Å². The fourth-order valence-electron chi connectivity index (χ4n) is 1.92. The summed E-state index contributed by atoms with van der Waals surface area (Å²) >= 11 is 3.58. The molecule has 1 atom stereocenters. The number of halogens is 1. The van der Waals surface area contributed by atoms with Crippen molar-refractivity contribution in [3.05, 3.63) is 34.9 Å². The quantitative estimate of drug-likeness (QED) is 0.619. The SMILES string of the molecule is CNC(Br)c1ccc2c(c1)CCC2. The van der Waals surface area contributed by atoms with Gasteiger partial charge in [0, 0.05) is 0 Å². The molecule has 0 aliphatic heterocycles. The standard InChI is InChI=1S/C11H14BrN/c1-13-11(12)10-6-5-8-3-2-4-9(8)7-10/h5-7,11,13H,2-4H2,1H3. The molecule has 1 nitrogen and oxygen atoms in total. The van der Waals surface area contributed by atoms with Crippen molar-refractivity contribution in [2.75, 3.05) is 7.05 Å². The molecular formula is C11H14BrN. The molecule has 0 spiro atoms. The van der Waals surface area contributed by atoms with Gasteiger partial charge in [0.1, 0.15) is 0 Å². The second kappa shape index (κ2) is 3.81. The van der Waals surface area contributed by atoms with Crippen LogP contribution in [0.1, 0.15) is 28.1 Å². The minimum Gasteiger partial charge on any atom is -0.304 e. The molecular weight excluding hydrogens is 226 g/mol. The predicted octanol–water partition coefficient (Wildman–Crippen LogP) is 2.79. The van der Waals surface area contributed by atoms with Crippen molar-refractivity contribution < 1.29 is 0 Å². The summed E-state index contributed by atoms with van der Waals surface area (Å²) in [4.78, 5) is 0.290. The van der Waals surface area contributed by atoms with Crippen molar-refractivity contribution in [2.45, 2.75) is 24.2 Å². The van der Waals surface area contributed by atoms with Crippen molar-refractivity contribution in [3.8, 4) is 0 Å². The lowest BCUT2D eigenvalue weighted by atomic mass is 10.1. The summed E-state index contributed by atoms with van der Waals surface area (Å²) in [5.74, 6) is 0. The van der Waals surface area contributed by atoms with Gasteiger partial charge in [-0.05, 0) is 43.0 Å². The van der Waals surface area contributed by atoms with Crippen LogP contribution in [0.15, 0.2) is 18.2 Å². The lowest BCUT2D eigenvalue weighted by molar-refractivity contribution is 0.807. The monoisotopic (exact) mass is 239 g/mol. The second-order valence-corrected chi connectivity index (χ2v) is 4.45. The largest absolute Gasteiger partial charge is 0.304 e. The van der Waals surface area contributed by atoms with Crippen molar-refractivity contribution in [3.63, 3.8) is 0 Å². The first-order valence-corrected chi connectivity index (χ1v) is 5.66. The van der Waals surface area contributed by atoms with Crippen LogP contribution in [0.4, 0.5) is 0 Å². The third kappa shape index (κ3) is 1.79. The summed E-state index contributed by atoms with van der Waals surface area (Å²) in [6, 6.07) is 6.79. The van der Waals surface area contributed by atoms with Gasteiger partial charge in [-0.2, -0.15) is 0 Å². The number of aryl methyl sites for hydroxylation is 2. The van der Waals surface area contributed by atoms with E-state index in [1.807, 2.05) is 7.05 Å². The Morgan fingerprint density at radius 3 is 2.85 bits per heavy atom. The Morgan fingerprint density at radius 2 is 2.08 bits per heavy atom. The Balaban J connectivity index is 2.30. The Morgan fingerprint density at radius 1 is 1.31 bits per heavy atom. The van der Waals surface area contributed by atoms with Gasteiger partial charge in [0.05, 0.1) is 4.95 Å². The molecule has 0 amide bonds. The normalized spacial score (nSPS) is 17.1. The molecule has 1 N–H and O–H groups in total. The van der Waals surface area contributed by atoms with Crippen molar-refractivity contribution >= 4 is 15.9 Å². The number of hydrogen-bond donors (Lipinski definition) is 1. The zero-order valence-corrected chi connectivity index (χ0v) is 9.39. The number of hydrogen-bond acceptors (Lipinski definition) is 1. The van der Waals surface area contributed by atoms with Gasteiger partial charge in [0.25, 0.3) is 0 Å². The number of nitrogens with one attached hydrogen (secondary N) is 1. The summed E-state index contributed by atoms with van der Waals surface area (Å²) in [5.41, 5.74) is 4.42. The molecule has 2 rings (SSSR count). The minimum atomic E-state index is 0.290. The smallest absolute Gasteiger partial charge is 0.0884 e. The third-order valence-electron chi connectivity index (χ3n) is 2.67. The first-order valence-electron chi connectivity index (χ1n) is 4.74. The Kier molecular flexibility index (Phi) is 2.70. The molecule has 13 heavy (non-hydrogen) atoms. The summed E-state index contributed by atoms with van der Waals surface area (Å²) in [7, 11) is 1.96. The fourth-order valence-corrected chi connectivity index (χ4v) is 2.20. The number of rotatable bonds is 2. The van der Waals surface area contributed by atoms with Gasteiger partial charge in [-0.25, -0.2) is 0 Å². The highest BCUT2D eigenvalue weighted by Crippen LogP contribution is 2.27. The van der Waals surface area contributed by atoms with E-state index >= 15 is 0 Å². The molecule has 0 aromatic heterocycles. The van der Waals surface area contributed by atoms with Crippen LogP contribution in [0.3, 0.4) is 0 Å². The van der Waals surface area contributed by atoms with Crippen molar-refractivity contribution in [2.24, 2.45) is 0 Å². The fraction of sp³-hybridized carbons (Fsp3) is 0.455. The van der Waals surface area contributed by atoms with Crippen LogP contribution in [-0.2, 0) is 12.8 Å². The van der Waals surface area contributed by atoms with Crippen LogP contribution in [0.5, 0.6) is 0 Å². The summed E-state index contributed by atoms with van der Waals surface area (Å²) < 4.78 is 0. The van der Waals surface area contributed by atoms with Crippen LogP contribution in [0.25, 0.3) is 0 Å². The van der Waals surface area contributed by atoms with Gasteiger partial charge in [0.2, 0.25) is 0 Å². The van der Waals surface area contributed by atoms with Crippen molar-refractivity contribution in [1.82, 2.24) is 5.32 Å². The summed E-state index contributed by atoms with van der Waals surface area (Å²) in [5, 5.41) is 3.19. The molecule has 0 radical (unpaired) electrons. The lowest BCUT2D eigenvalue weighted by Crippen LogP contribution is -2.09. The zero-order chi connectivity index (χ0) is 9.26. The lowest BCUT2D eigenvalue weighted by Gasteiger charge is -2.10. The van der Waals surface area contributed by atoms with Gasteiger partial charge in [-0.1, -0.05) is 34.1 Å². The highest BCUT2D eigenvalue weighted by molar-refractivity contribution is 9.09. The maximum absolute atomic E-state index is 3.58. The Labute approximate surface area is 87.7 Å². The molecule has 1 aromatic rings. The molecule has 1 aliphatic rings. The Hall–Kier alpha value is -0.340. The van der Waals surface area contributed by atoms with Gasteiger partial charge in [-0.15, -0.1) is 0 Å². The first kappa shape index (κ1) is 9.22. The van der Waals surface area contributed by atoms with E-state index < -0.39 is 0 Å². The molecule has 0 saturated carbocycles. The number of benzene rings is 1. The summed E-state index contributed by atoms with van der Waals surface area (Å²) in [6.45, 7) is 0. The highest BCUT2D eigenvalue weighted by Gasteiger charge is 2.12. The average Bonchev–Trinajstić information content (AvgIpc) is 2.63. The Bertz CT molecular complexity index is 309. The molecule has 1 aromatic carbocycles. The molecule has 1 aliphatic carbocycles. The minimum absolute atomic E-state index is 0.290. The van der Waals surface area contributed by atoms with E-state index in [0.29, 0.717) is 4.95 Å². The van der Waals surface area contributed by atoms with Crippen LogP contribution in [0.2, 0.25) is 0 Å². The van der Waals surface area contributed by atoms with Crippen LogP contribution >= 0.6 is 15.9 Å². The van der Waals surface area contributed by atoms with Crippen LogP contribution in [-0.4, -0.2) is 7.05 Å². The first-order chi connectivity index (χ1) is 6.31. The molecule has 0 saturated heterocycles. The van der Waals surface area contributed by atoms with Crippen molar-refractivity contribution in [1.29, 1.82) is 0 Å². The maximum atomic E-state index is 3.58. The summed E-state index contributed by atoms with van der Waals surface area (Å²) in [6.07, 6.45) is 3.85. The molecule has 0 bridgehead atoms.